The molecule has 5 nitrogen and oxygen atoms in total. The fraction of sp³-hybridized carbons (Fsp3) is 0. The average molecular weight is 204 g/mol. The maximum absolute atomic E-state index is 10.8. The van der Waals surface area contributed by atoms with E-state index in [0.29, 0.717) is 11.3 Å². The van der Waals surface area contributed by atoms with Gasteiger partial charge in [-0.05, 0) is 12.1 Å². The van der Waals surface area contributed by atoms with E-state index in [1.165, 1.54) is 12.3 Å². The second kappa shape index (κ2) is 3.45. The molecule has 76 valence electrons. The van der Waals surface area contributed by atoms with Crippen molar-refractivity contribution in [3.63, 3.8) is 0 Å². The Morgan fingerprint density at radius 3 is 2.80 bits per heavy atom. The molecule has 1 aromatic carbocycles. The summed E-state index contributed by atoms with van der Waals surface area (Å²) in [5.41, 5.74) is 6.48. The van der Waals surface area contributed by atoms with Crippen molar-refractivity contribution in [3.8, 4) is 11.3 Å². The number of carboxylic acid groups (broad SMARTS) is 1. The molecule has 0 aliphatic rings. The third-order valence-corrected chi connectivity index (χ3v) is 2.04. The molecule has 0 unspecified atom stereocenters. The molecule has 0 bridgehead atoms. The molecule has 0 saturated heterocycles. The number of aromatic nitrogens is 1. The fourth-order valence-electron chi connectivity index (χ4n) is 1.32. The lowest BCUT2D eigenvalue weighted by Crippen LogP contribution is -2.03. The highest BCUT2D eigenvalue weighted by Gasteiger charge is 2.13. The van der Waals surface area contributed by atoms with Crippen LogP contribution >= 0.6 is 0 Å². The smallest absolute Gasteiger partial charge is 0.337 e. The van der Waals surface area contributed by atoms with Crippen LogP contribution < -0.4 is 5.73 Å². The predicted molar refractivity (Wildman–Crippen MR) is 53.3 cm³/mol. The number of aromatic carboxylic acids is 1. The summed E-state index contributed by atoms with van der Waals surface area (Å²) >= 11 is 0. The summed E-state index contributed by atoms with van der Waals surface area (Å²) in [5.74, 6) is -0.607. The Balaban J connectivity index is 2.59. The topological polar surface area (TPSA) is 89.4 Å². The van der Waals surface area contributed by atoms with Crippen LogP contribution in [0.4, 0.5) is 5.69 Å². The lowest BCUT2D eigenvalue weighted by atomic mass is 10.1. The summed E-state index contributed by atoms with van der Waals surface area (Å²) in [5, 5.41) is 12.4. The van der Waals surface area contributed by atoms with Gasteiger partial charge in [-0.1, -0.05) is 11.2 Å². The van der Waals surface area contributed by atoms with Gasteiger partial charge in [0.1, 0.15) is 0 Å². The van der Waals surface area contributed by atoms with Crippen LogP contribution in [0.15, 0.2) is 35.0 Å². The lowest BCUT2D eigenvalue weighted by Gasteiger charge is -2.04. The van der Waals surface area contributed by atoms with Gasteiger partial charge in [-0.15, -0.1) is 0 Å². The minimum atomic E-state index is -1.06. The largest absolute Gasteiger partial charge is 0.478 e. The van der Waals surface area contributed by atoms with Crippen LogP contribution in [0.2, 0.25) is 0 Å². The van der Waals surface area contributed by atoms with Crippen molar-refractivity contribution in [1.82, 2.24) is 5.16 Å². The number of rotatable bonds is 2. The zero-order valence-corrected chi connectivity index (χ0v) is 7.68. The number of carbonyl (C=O) groups is 1. The highest BCUT2D eigenvalue weighted by Crippen LogP contribution is 2.28. The van der Waals surface area contributed by atoms with Gasteiger partial charge in [0.15, 0.2) is 5.76 Å². The van der Waals surface area contributed by atoms with E-state index in [1.807, 2.05) is 0 Å². The second-order valence-corrected chi connectivity index (χ2v) is 2.95. The first kappa shape index (κ1) is 9.26. The van der Waals surface area contributed by atoms with Gasteiger partial charge < -0.3 is 15.4 Å². The van der Waals surface area contributed by atoms with Crippen LogP contribution in [-0.4, -0.2) is 16.2 Å². The van der Waals surface area contributed by atoms with Gasteiger partial charge >= 0.3 is 5.97 Å². The highest BCUT2D eigenvalue weighted by atomic mass is 16.5. The summed E-state index contributed by atoms with van der Waals surface area (Å²) in [7, 11) is 0. The molecule has 1 heterocycles. The normalized spacial score (nSPS) is 10.1. The molecule has 2 aromatic rings. The van der Waals surface area contributed by atoms with Gasteiger partial charge in [-0.2, -0.15) is 0 Å². The summed E-state index contributed by atoms with van der Waals surface area (Å²) in [6.07, 6.45) is 1.47. The summed E-state index contributed by atoms with van der Waals surface area (Å²) in [4.78, 5) is 10.8. The average Bonchev–Trinajstić information content (AvgIpc) is 2.70. The SMILES string of the molecule is Nc1c(C(=O)O)cccc1-c1ccno1. The number of para-hydroxylation sites is 1. The molecular weight excluding hydrogens is 196 g/mol. The monoisotopic (exact) mass is 204 g/mol. The van der Waals surface area contributed by atoms with Crippen molar-refractivity contribution in [3.05, 3.63) is 36.0 Å². The van der Waals surface area contributed by atoms with E-state index in [-0.39, 0.29) is 11.3 Å². The van der Waals surface area contributed by atoms with Crippen LogP contribution in [0.5, 0.6) is 0 Å². The van der Waals surface area contributed by atoms with Gasteiger partial charge in [-0.3, -0.25) is 0 Å². The Bertz CT molecular complexity index is 491. The molecule has 0 spiro atoms. The zero-order chi connectivity index (χ0) is 10.8. The number of carboxylic acids is 1. The zero-order valence-electron chi connectivity index (χ0n) is 7.68. The first-order chi connectivity index (χ1) is 7.20. The van der Waals surface area contributed by atoms with E-state index < -0.39 is 5.97 Å². The standard InChI is InChI=1S/C10H8N2O3/c11-9-6(8-4-5-12-15-8)2-1-3-7(9)10(13)14/h1-5H,11H2,(H,13,14). The van der Waals surface area contributed by atoms with E-state index in [1.54, 1.807) is 18.2 Å². The maximum atomic E-state index is 10.8. The highest BCUT2D eigenvalue weighted by molar-refractivity contribution is 5.97. The summed E-state index contributed by atoms with van der Waals surface area (Å²) in [6.45, 7) is 0. The molecule has 0 aliphatic carbocycles. The summed E-state index contributed by atoms with van der Waals surface area (Å²) in [6, 6.07) is 6.36. The number of hydrogen-bond donors (Lipinski definition) is 2. The molecule has 0 atom stereocenters. The van der Waals surface area contributed by atoms with Crippen LogP contribution in [0.1, 0.15) is 10.4 Å². The Morgan fingerprint density at radius 1 is 1.40 bits per heavy atom. The first-order valence-corrected chi connectivity index (χ1v) is 4.23. The minimum absolute atomic E-state index is 0.0592. The number of hydrogen-bond acceptors (Lipinski definition) is 4. The molecule has 0 saturated carbocycles. The Morgan fingerprint density at radius 2 is 2.20 bits per heavy atom. The third kappa shape index (κ3) is 1.54. The van der Waals surface area contributed by atoms with Crippen LogP contribution in [0.3, 0.4) is 0 Å². The molecule has 0 aliphatic heterocycles. The Kier molecular flexibility index (Phi) is 2.13. The van der Waals surface area contributed by atoms with E-state index >= 15 is 0 Å². The molecule has 15 heavy (non-hydrogen) atoms. The number of benzene rings is 1. The molecule has 0 fully saturated rings. The number of anilines is 1. The molecule has 3 N–H and O–H groups in total. The quantitative estimate of drug-likeness (QED) is 0.725. The molecule has 0 radical (unpaired) electrons. The number of nitrogens with zero attached hydrogens (tertiary/aromatic N) is 1. The van der Waals surface area contributed by atoms with Crippen LogP contribution in [0.25, 0.3) is 11.3 Å². The van der Waals surface area contributed by atoms with Crippen molar-refractivity contribution in [1.29, 1.82) is 0 Å². The molecule has 1 aromatic heterocycles. The third-order valence-electron chi connectivity index (χ3n) is 2.04. The predicted octanol–water partition coefficient (Wildman–Crippen LogP) is 1.62. The Hall–Kier alpha value is -2.30. The lowest BCUT2D eigenvalue weighted by molar-refractivity contribution is 0.0698. The van der Waals surface area contributed by atoms with Gasteiger partial charge in [0.25, 0.3) is 0 Å². The number of nitrogen functional groups attached to an aromatic ring is 1. The number of nitrogens with two attached hydrogens (primary N) is 1. The minimum Gasteiger partial charge on any atom is -0.478 e. The molecule has 5 heteroatoms. The van der Waals surface area contributed by atoms with Crippen molar-refractivity contribution >= 4 is 11.7 Å². The fourth-order valence-corrected chi connectivity index (χ4v) is 1.32. The van der Waals surface area contributed by atoms with E-state index in [0.717, 1.165) is 0 Å². The van der Waals surface area contributed by atoms with Gasteiger partial charge in [-0.25, -0.2) is 4.79 Å². The van der Waals surface area contributed by atoms with Gasteiger partial charge in [0, 0.05) is 11.6 Å². The molecular formula is C10H8N2O3. The molecule has 2 rings (SSSR count). The van der Waals surface area contributed by atoms with E-state index in [2.05, 4.69) is 5.16 Å². The first-order valence-electron chi connectivity index (χ1n) is 4.23. The Labute approximate surface area is 85.1 Å². The van der Waals surface area contributed by atoms with Gasteiger partial charge in [0.2, 0.25) is 0 Å². The van der Waals surface area contributed by atoms with Crippen molar-refractivity contribution < 1.29 is 14.4 Å². The summed E-state index contributed by atoms with van der Waals surface area (Å²) < 4.78 is 4.91. The van der Waals surface area contributed by atoms with E-state index in [9.17, 15) is 4.79 Å². The molecule has 0 amide bonds. The van der Waals surface area contributed by atoms with Crippen molar-refractivity contribution in [2.75, 3.05) is 5.73 Å². The maximum Gasteiger partial charge on any atom is 0.337 e. The van der Waals surface area contributed by atoms with Crippen molar-refractivity contribution in [2.24, 2.45) is 0 Å². The van der Waals surface area contributed by atoms with Crippen LogP contribution in [0, 0.1) is 0 Å². The van der Waals surface area contributed by atoms with Crippen molar-refractivity contribution in [2.45, 2.75) is 0 Å². The van der Waals surface area contributed by atoms with E-state index in [4.69, 9.17) is 15.4 Å². The van der Waals surface area contributed by atoms with Crippen LogP contribution in [-0.2, 0) is 0 Å². The van der Waals surface area contributed by atoms with Gasteiger partial charge in [0.05, 0.1) is 17.4 Å². The second-order valence-electron chi connectivity index (χ2n) is 2.95.